The van der Waals surface area contributed by atoms with E-state index in [1.807, 2.05) is 17.9 Å². The zero-order valence-corrected chi connectivity index (χ0v) is 16.9. The van der Waals surface area contributed by atoms with Crippen LogP contribution in [0.1, 0.15) is 35.1 Å². The van der Waals surface area contributed by atoms with E-state index in [-0.39, 0.29) is 11.3 Å². The van der Waals surface area contributed by atoms with Crippen LogP contribution in [0.4, 0.5) is 10.1 Å². The molecule has 4 heterocycles. The molecule has 30 heavy (non-hydrogen) atoms. The number of halogens is 1. The van der Waals surface area contributed by atoms with Crippen molar-refractivity contribution in [2.45, 2.75) is 26.2 Å². The number of carbonyl (C=O) groups is 1. The fourth-order valence-corrected chi connectivity index (χ4v) is 3.62. The number of anilines is 1. The third-order valence-electron chi connectivity index (χ3n) is 5.32. The summed E-state index contributed by atoms with van der Waals surface area (Å²) in [6.07, 6.45) is 5.93. The first kappa shape index (κ1) is 19.8. The molecule has 8 nitrogen and oxygen atoms in total. The molecule has 3 aromatic rings. The van der Waals surface area contributed by atoms with Gasteiger partial charge in [0.2, 0.25) is 5.95 Å². The Hall–Kier alpha value is -3.49. The van der Waals surface area contributed by atoms with Crippen molar-refractivity contribution in [2.24, 2.45) is 0 Å². The summed E-state index contributed by atoms with van der Waals surface area (Å²) in [6.45, 7) is 3.13. The Balaban J connectivity index is 1.47. The van der Waals surface area contributed by atoms with Crippen molar-refractivity contribution in [3.63, 3.8) is 0 Å². The highest BCUT2D eigenvalue weighted by Gasteiger charge is 2.19. The van der Waals surface area contributed by atoms with Gasteiger partial charge in [-0.05, 0) is 25.0 Å². The molecule has 4 rings (SSSR count). The number of aromatic nitrogens is 4. The monoisotopic (exact) mass is 410 g/mol. The first-order valence-corrected chi connectivity index (χ1v) is 9.90. The van der Waals surface area contributed by atoms with Gasteiger partial charge >= 0.3 is 0 Å². The average Bonchev–Trinajstić information content (AvgIpc) is 3.14. The lowest BCUT2D eigenvalue weighted by molar-refractivity contribution is 0.0957. The quantitative estimate of drug-likeness (QED) is 0.495. The van der Waals surface area contributed by atoms with E-state index in [2.05, 4.69) is 26.5 Å². The van der Waals surface area contributed by atoms with E-state index >= 15 is 0 Å². The number of nitrogens with zero attached hydrogens (tertiary/aromatic N) is 4. The predicted molar refractivity (Wildman–Crippen MR) is 111 cm³/mol. The topological polar surface area (TPSA) is 95.4 Å². The lowest BCUT2D eigenvalue weighted by Crippen LogP contribution is -2.30. The molecule has 156 valence electrons. The summed E-state index contributed by atoms with van der Waals surface area (Å²) in [6, 6.07) is 5.00. The number of amides is 1. The van der Waals surface area contributed by atoms with Gasteiger partial charge in [0.1, 0.15) is 11.3 Å². The molecule has 0 spiro atoms. The molecule has 0 radical (unpaired) electrons. The number of aryl methyl sites for hydroxylation is 1. The third kappa shape index (κ3) is 3.83. The van der Waals surface area contributed by atoms with E-state index in [1.54, 1.807) is 16.8 Å². The number of nitrogens with one attached hydrogen (secondary N) is 2. The molecule has 1 aliphatic rings. The van der Waals surface area contributed by atoms with Crippen LogP contribution in [0.25, 0.3) is 5.65 Å². The molecule has 0 bridgehead atoms. The Morgan fingerprint density at radius 2 is 2.20 bits per heavy atom. The van der Waals surface area contributed by atoms with Crippen molar-refractivity contribution in [2.75, 3.05) is 25.0 Å². The van der Waals surface area contributed by atoms with Crippen molar-refractivity contribution in [1.29, 1.82) is 0 Å². The van der Waals surface area contributed by atoms with Crippen LogP contribution in [0, 0.1) is 5.95 Å². The van der Waals surface area contributed by atoms with Crippen molar-refractivity contribution >= 4 is 17.2 Å². The zero-order chi connectivity index (χ0) is 21.3. The van der Waals surface area contributed by atoms with Crippen LogP contribution in [0.5, 0.6) is 0 Å². The summed E-state index contributed by atoms with van der Waals surface area (Å²) < 4.78 is 16.1. The molecule has 1 aliphatic heterocycles. The first-order valence-electron chi connectivity index (χ1n) is 9.90. The van der Waals surface area contributed by atoms with Crippen molar-refractivity contribution < 1.29 is 9.18 Å². The minimum Gasteiger partial charge on any atom is -0.364 e. The highest BCUT2D eigenvalue weighted by atomic mass is 19.1. The van der Waals surface area contributed by atoms with Crippen LogP contribution >= 0.6 is 0 Å². The zero-order valence-electron chi connectivity index (χ0n) is 16.9. The van der Waals surface area contributed by atoms with Gasteiger partial charge in [-0.15, -0.1) is 0 Å². The second kappa shape index (κ2) is 8.10. The molecular weight excluding hydrogens is 387 g/mol. The van der Waals surface area contributed by atoms with Crippen LogP contribution in [0.2, 0.25) is 0 Å². The molecule has 3 aromatic heterocycles. The van der Waals surface area contributed by atoms with Gasteiger partial charge in [0, 0.05) is 44.4 Å². The summed E-state index contributed by atoms with van der Waals surface area (Å²) in [4.78, 5) is 32.1. The Morgan fingerprint density at radius 1 is 1.37 bits per heavy atom. The van der Waals surface area contributed by atoms with E-state index in [4.69, 9.17) is 0 Å². The lowest BCUT2D eigenvalue weighted by atomic mass is 10.0. The summed E-state index contributed by atoms with van der Waals surface area (Å²) in [5.74, 6) is -1.06. The van der Waals surface area contributed by atoms with Gasteiger partial charge in [-0.25, -0.2) is 9.50 Å². The normalized spacial score (nSPS) is 14.1. The highest BCUT2D eigenvalue weighted by Crippen LogP contribution is 2.24. The summed E-state index contributed by atoms with van der Waals surface area (Å²) in [5, 5.41) is 7.00. The van der Waals surface area contributed by atoms with Crippen LogP contribution < -0.4 is 15.8 Å². The summed E-state index contributed by atoms with van der Waals surface area (Å²) in [5.41, 5.74) is 3.82. The van der Waals surface area contributed by atoms with E-state index in [0.29, 0.717) is 42.8 Å². The molecule has 0 fully saturated rings. The maximum Gasteiger partial charge on any atom is 0.269 e. The molecule has 0 aliphatic carbocycles. The van der Waals surface area contributed by atoms with Crippen molar-refractivity contribution in [1.82, 2.24) is 24.9 Å². The van der Waals surface area contributed by atoms with Crippen molar-refractivity contribution in [3.8, 4) is 0 Å². The number of hydrogen-bond acceptors (Lipinski definition) is 5. The maximum atomic E-state index is 14.4. The third-order valence-corrected chi connectivity index (χ3v) is 5.32. The maximum absolute atomic E-state index is 14.4. The molecule has 0 unspecified atom stereocenters. The second-order valence-electron chi connectivity index (χ2n) is 7.25. The number of fused-ring (bicyclic) bond motifs is 1. The minimum atomic E-state index is -0.649. The van der Waals surface area contributed by atoms with E-state index < -0.39 is 11.9 Å². The van der Waals surface area contributed by atoms with Gasteiger partial charge in [-0.2, -0.15) is 9.49 Å². The van der Waals surface area contributed by atoms with Gasteiger partial charge in [0.15, 0.2) is 0 Å². The largest absolute Gasteiger partial charge is 0.364 e. The standard InChI is InChI=1S/C21H23FN6O2/c1-3-14-12-28-18(25-20(14)29)11-15(26-28)10-13-6-8-27(9-7-13)17-5-4-16(21(30)23-2)24-19(17)22/h4-6,11-12H,3,7-10H2,1-2H3,(H,23,30)(H,25,29). The van der Waals surface area contributed by atoms with Crippen molar-refractivity contribution in [3.05, 3.63) is 69.3 Å². The van der Waals surface area contributed by atoms with Gasteiger partial charge < -0.3 is 15.2 Å². The predicted octanol–water partition coefficient (Wildman–Crippen LogP) is 1.86. The minimum absolute atomic E-state index is 0.0584. The van der Waals surface area contributed by atoms with Gasteiger partial charge in [0.05, 0.1) is 11.4 Å². The molecule has 9 heteroatoms. The van der Waals surface area contributed by atoms with Crippen LogP contribution in [0.3, 0.4) is 0 Å². The lowest BCUT2D eigenvalue weighted by Gasteiger charge is -2.28. The first-order chi connectivity index (χ1) is 14.5. The van der Waals surface area contributed by atoms with E-state index in [9.17, 15) is 14.0 Å². The van der Waals surface area contributed by atoms with E-state index in [1.165, 1.54) is 18.7 Å². The smallest absolute Gasteiger partial charge is 0.269 e. The molecule has 1 amide bonds. The van der Waals surface area contributed by atoms with Crippen LogP contribution in [0.15, 0.2) is 40.8 Å². The molecule has 0 aromatic carbocycles. The van der Waals surface area contributed by atoms with Crippen LogP contribution in [-0.4, -0.2) is 45.6 Å². The number of rotatable bonds is 5. The molecule has 0 saturated carbocycles. The Bertz CT molecular complexity index is 1200. The van der Waals surface area contributed by atoms with E-state index in [0.717, 1.165) is 12.1 Å². The number of hydrogen-bond donors (Lipinski definition) is 2. The number of H-pyrrole nitrogens is 1. The SMILES string of the molecule is CCc1cn2nc(CC3=CCN(c4ccc(C(=O)NC)nc4F)CC3)cc2[nH]c1=O. The molecule has 0 saturated heterocycles. The Labute approximate surface area is 172 Å². The van der Waals surface area contributed by atoms with Crippen LogP contribution in [-0.2, 0) is 12.8 Å². The fourth-order valence-electron chi connectivity index (χ4n) is 3.62. The number of pyridine rings is 1. The molecule has 2 N–H and O–H groups in total. The summed E-state index contributed by atoms with van der Waals surface area (Å²) in [7, 11) is 1.48. The van der Waals surface area contributed by atoms with Gasteiger partial charge in [0.25, 0.3) is 11.5 Å². The fraction of sp³-hybridized carbons (Fsp3) is 0.333. The highest BCUT2D eigenvalue weighted by molar-refractivity contribution is 5.92. The average molecular weight is 410 g/mol. The van der Waals surface area contributed by atoms with Gasteiger partial charge in [-0.3, -0.25) is 9.59 Å². The Morgan fingerprint density at radius 3 is 2.87 bits per heavy atom. The number of carbonyl (C=O) groups excluding carboxylic acids is 1. The van der Waals surface area contributed by atoms with Gasteiger partial charge in [-0.1, -0.05) is 18.6 Å². The molecular formula is C21H23FN6O2. The molecule has 0 atom stereocenters. The summed E-state index contributed by atoms with van der Waals surface area (Å²) >= 11 is 0. The Kier molecular flexibility index (Phi) is 5.35. The second-order valence-corrected chi connectivity index (χ2v) is 7.25. The number of aromatic amines is 1.